The predicted molar refractivity (Wildman–Crippen MR) is 60.4 cm³/mol. The summed E-state index contributed by atoms with van der Waals surface area (Å²) in [6.45, 7) is 3.70. The van der Waals surface area contributed by atoms with Gasteiger partial charge in [-0.15, -0.1) is 0 Å². The summed E-state index contributed by atoms with van der Waals surface area (Å²) in [6.07, 6.45) is 0.574. The normalized spacial score (nSPS) is 11.9. The number of rotatable bonds is 5. The number of hydrogen-bond acceptors (Lipinski definition) is 4. The van der Waals surface area contributed by atoms with Gasteiger partial charge in [-0.2, -0.15) is 0 Å². The van der Waals surface area contributed by atoms with Crippen LogP contribution in [0.3, 0.4) is 0 Å². The lowest BCUT2D eigenvalue weighted by molar-refractivity contribution is -0.384. The van der Waals surface area contributed by atoms with Crippen LogP contribution in [-0.4, -0.2) is 22.1 Å². The summed E-state index contributed by atoms with van der Waals surface area (Å²) < 4.78 is 5.39. The fourth-order valence-electron chi connectivity index (χ4n) is 1.20. The van der Waals surface area contributed by atoms with Crippen molar-refractivity contribution in [3.05, 3.63) is 33.9 Å². The summed E-state index contributed by atoms with van der Waals surface area (Å²) in [7, 11) is 0. The maximum Gasteiger partial charge on any atom is 0.339 e. The van der Waals surface area contributed by atoms with Crippen molar-refractivity contribution < 1.29 is 19.6 Å². The van der Waals surface area contributed by atoms with Gasteiger partial charge in [-0.05, 0) is 19.4 Å². The van der Waals surface area contributed by atoms with Crippen LogP contribution in [0.4, 0.5) is 5.69 Å². The first-order valence-electron chi connectivity index (χ1n) is 5.14. The van der Waals surface area contributed by atoms with Gasteiger partial charge in [0.05, 0.1) is 11.0 Å². The maximum absolute atomic E-state index is 11.0. The summed E-state index contributed by atoms with van der Waals surface area (Å²) >= 11 is 0. The van der Waals surface area contributed by atoms with Crippen LogP contribution in [0.2, 0.25) is 0 Å². The Morgan fingerprint density at radius 2 is 2.24 bits per heavy atom. The van der Waals surface area contributed by atoms with E-state index in [4.69, 9.17) is 9.84 Å². The van der Waals surface area contributed by atoms with E-state index in [2.05, 4.69) is 0 Å². The van der Waals surface area contributed by atoms with Crippen LogP contribution in [0.25, 0.3) is 0 Å². The monoisotopic (exact) mass is 239 g/mol. The minimum absolute atomic E-state index is 0.144. The van der Waals surface area contributed by atoms with Gasteiger partial charge in [-0.3, -0.25) is 10.1 Å². The molecule has 1 aromatic rings. The van der Waals surface area contributed by atoms with Gasteiger partial charge < -0.3 is 9.84 Å². The zero-order chi connectivity index (χ0) is 13.0. The molecule has 6 heteroatoms. The van der Waals surface area contributed by atoms with Gasteiger partial charge in [0.2, 0.25) is 0 Å². The van der Waals surface area contributed by atoms with Crippen molar-refractivity contribution >= 4 is 11.7 Å². The second-order valence-corrected chi connectivity index (χ2v) is 3.58. The summed E-state index contributed by atoms with van der Waals surface area (Å²) in [5, 5.41) is 19.5. The molecule has 0 saturated carbocycles. The highest BCUT2D eigenvalue weighted by atomic mass is 16.6. The van der Waals surface area contributed by atoms with Gasteiger partial charge >= 0.3 is 5.97 Å². The van der Waals surface area contributed by atoms with Crippen LogP contribution in [-0.2, 0) is 0 Å². The topological polar surface area (TPSA) is 89.7 Å². The van der Waals surface area contributed by atoms with Crippen molar-refractivity contribution in [3.63, 3.8) is 0 Å². The Morgan fingerprint density at radius 1 is 1.59 bits per heavy atom. The highest BCUT2D eigenvalue weighted by Gasteiger charge is 2.18. The fraction of sp³-hybridized carbons (Fsp3) is 0.364. The lowest BCUT2D eigenvalue weighted by Gasteiger charge is -2.14. The molecule has 0 aromatic heterocycles. The van der Waals surface area contributed by atoms with Gasteiger partial charge in [-0.1, -0.05) is 6.92 Å². The standard InChI is InChI=1S/C11H13NO5/c1-3-7(2)17-10-5-4-8(12(15)16)6-9(10)11(13)14/h4-7H,3H2,1-2H3,(H,13,14). The predicted octanol–water partition coefficient (Wildman–Crippen LogP) is 2.47. The van der Waals surface area contributed by atoms with E-state index in [0.29, 0.717) is 0 Å². The summed E-state index contributed by atoms with van der Waals surface area (Å²) in [4.78, 5) is 20.9. The molecule has 17 heavy (non-hydrogen) atoms. The molecule has 6 nitrogen and oxygen atoms in total. The zero-order valence-electron chi connectivity index (χ0n) is 9.54. The van der Waals surface area contributed by atoms with Crippen molar-refractivity contribution in [2.24, 2.45) is 0 Å². The second-order valence-electron chi connectivity index (χ2n) is 3.58. The molecule has 0 radical (unpaired) electrons. The SMILES string of the molecule is CCC(C)Oc1ccc([N+](=O)[O-])cc1C(=O)O. The number of nitro groups is 1. The van der Waals surface area contributed by atoms with E-state index in [1.807, 2.05) is 6.92 Å². The van der Waals surface area contributed by atoms with E-state index in [0.717, 1.165) is 12.5 Å². The molecule has 1 atom stereocenters. The Hall–Kier alpha value is -2.11. The molecule has 0 aliphatic rings. The van der Waals surface area contributed by atoms with Crippen molar-refractivity contribution in [3.8, 4) is 5.75 Å². The third-order valence-electron chi connectivity index (χ3n) is 2.31. The van der Waals surface area contributed by atoms with E-state index in [1.54, 1.807) is 6.92 Å². The first-order valence-corrected chi connectivity index (χ1v) is 5.14. The number of carboxylic acids is 1. The summed E-state index contributed by atoms with van der Waals surface area (Å²) in [5.74, 6) is -1.09. The maximum atomic E-state index is 11.0. The van der Waals surface area contributed by atoms with Crippen molar-refractivity contribution in [1.29, 1.82) is 0 Å². The molecule has 92 valence electrons. The molecule has 0 saturated heterocycles. The first kappa shape index (κ1) is 13.0. The minimum Gasteiger partial charge on any atom is -0.490 e. The molecule has 0 aliphatic carbocycles. The molecule has 0 aliphatic heterocycles. The molecular weight excluding hydrogens is 226 g/mol. The van der Waals surface area contributed by atoms with Crippen LogP contribution in [0, 0.1) is 10.1 Å². The Morgan fingerprint density at radius 3 is 2.71 bits per heavy atom. The molecule has 0 spiro atoms. The molecule has 0 bridgehead atoms. The number of non-ortho nitro benzene ring substituents is 1. The first-order chi connectivity index (χ1) is 7.95. The van der Waals surface area contributed by atoms with E-state index in [-0.39, 0.29) is 23.1 Å². The van der Waals surface area contributed by atoms with Crippen LogP contribution in [0.5, 0.6) is 5.75 Å². The number of ether oxygens (including phenoxy) is 1. The Bertz CT molecular complexity index is 443. The molecular formula is C11H13NO5. The molecule has 0 fully saturated rings. The number of benzene rings is 1. The van der Waals surface area contributed by atoms with Crippen molar-refractivity contribution in [1.82, 2.24) is 0 Å². The van der Waals surface area contributed by atoms with Gasteiger partial charge in [0, 0.05) is 12.1 Å². The molecule has 1 aromatic carbocycles. The van der Waals surface area contributed by atoms with Gasteiger partial charge in [-0.25, -0.2) is 4.79 Å². The van der Waals surface area contributed by atoms with Crippen LogP contribution in [0.15, 0.2) is 18.2 Å². The summed E-state index contributed by atoms with van der Waals surface area (Å²) in [5.41, 5.74) is -0.460. The van der Waals surface area contributed by atoms with E-state index < -0.39 is 10.9 Å². The average molecular weight is 239 g/mol. The van der Waals surface area contributed by atoms with Crippen LogP contribution >= 0.6 is 0 Å². The number of hydrogen-bond donors (Lipinski definition) is 1. The molecule has 1 N–H and O–H groups in total. The minimum atomic E-state index is -1.24. The van der Waals surface area contributed by atoms with Gasteiger partial charge in [0.15, 0.2) is 0 Å². The largest absolute Gasteiger partial charge is 0.490 e. The Balaban J connectivity index is 3.13. The van der Waals surface area contributed by atoms with E-state index in [9.17, 15) is 14.9 Å². The number of nitrogens with zero attached hydrogens (tertiary/aromatic N) is 1. The molecule has 0 amide bonds. The van der Waals surface area contributed by atoms with Crippen LogP contribution < -0.4 is 4.74 Å². The van der Waals surface area contributed by atoms with E-state index in [1.165, 1.54) is 12.1 Å². The number of carboxylic acid groups (broad SMARTS) is 1. The Kier molecular flexibility index (Phi) is 4.03. The number of aromatic carboxylic acids is 1. The summed E-state index contributed by atoms with van der Waals surface area (Å²) in [6, 6.07) is 3.54. The van der Waals surface area contributed by atoms with Crippen LogP contribution in [0.1, 0.15) is 30.6 Å². The number of carbonyl (C=O) groups is 1. The van der Waals surface area contributed by atoms with Crippen molar-refractivity contribution in [2.75, 3.05) is 0 Å². The van der Waals surface area contributed by atoms with E-state index >= 15 is 0 Å². The third kappa shape index (κ3) is 3.17. The lowest BCUT2D eigenvalue weighted by atomic mass is 10.1. The lowest BCUT2D eigenvalue weighted by Crippen LogP contribution is -2.12. The smallest absolute Gasteiger partial charge is 0.339 e. The molecule has 0 heterocycles. The highest BCUT2D eigenvalue weighted by molar-refractivity contribution is 5.91. The molecule has 1 rings (SSSR count). The van der Waals surface area contributed by atoms with Gasteiger partial charge in [0.1, 0.15) is 11.3 Å². The average Bonchev–Trinajstić information content (AvgIpc) is 2.28. The fourth-order valence-corrected chi connectivity index (χ4v) is 1.20. The quantitative estimate of drug-likeness (QED) is 0.629. The Labute approximate surface area is 98.0 Å². The second kappa shape index (κ2) is 5.29. The highest BCUT2D eigenvalue weighted by Crippen LogP contribution is 2.25. The zero-order valence-corrected chi connectivity index (χ0v) is 9.54. The van der Waals surface area contributed by atoms with Gasteiger partial charge in [0.25, 0.3) is 5.69 Å². The molecule has 1 unspecified atom stereocenters. The third-order valence-corrected chi connectivity index (χ3v) is 2.31. The number of nitro benzene ring substituents is 1. The van der Waals surface area contributed by atoms with Crippen molar-refractivity contribution in [2.45, 2.75) is 26.4 Å².